The van der Waals surface area contributed by atoms with E-state index < -0.39 is 0 Å². The van der Waals surface area contributed by atoms with E-state index in [0.29, 0.717) is 0 Å². The maximum absolute atomic E-state index is 6.41. The third kappa shape index (κ3) is 3.10. The molecule has 0 bridgehead atoms. The Morgan fingerprint density at radius 1 is 0.469 bits per heavy atom. The van der Waals surface area contributed by atoms with Crippen LogP contribution in [0.25, 0.3) is 49.7 Å². The second kappa shape index (κ2) is 7.71. The van der Waals surface area contributed by atoms with Crippen molar-refractivity contribution >= 4 is 33.4 Å². The van der Waals surface area contributed by atoms with Gasteiger partial charge in [-0.25, -0.2) is 0 Å². The Morgan fingerprint density at radius 3 is 1.78 bits per heavy atom. The highest BCUT2D eigenvalue weighted by molar-refractivity contribution is 6.30. The summed E-state index contributed by atoms with van der Waals surface area (Å²) in [7, 11) is 0. The van der Waals surface area contributed by atoms with Crippen molar-refractivity contribution < 1.29 is 0 Å². The van der Waals surface area contributed by atoms with Gasteiger partial charge in [0.05, 0.1) is 16.7 Å². The molecule has 0 saturated heterocycles. The molecule has 152 valence electrons. The Bertz CT molecular complexity index is 1520. The van der Waals surface area contributed by atoms with Crippen molar-refractivity contribution in [2.75, 3.05) is 0 Å². The van der Waals surface area contributed by atoms with Gasteiger partial charge in [-0.2, -0.15) is 0 Å². The van der Waals surface area contributed by atoms with Crippen LogP contribution in [0, 0.1) is 0 Å². The van der Waals surface area contributed by atoms with Gasteiger partial charge in [0.1, 0.15) is 0 Å². The number of rotatable bonds is 3. The Kier molecular flexibility index (Phi) is 4.56. The van der Waals surface area contributed by atoms with Crippen LogP contribution in [0.5, 0.6) is 0 Å². The van der Waals surface area contributed by atoms with Crippen LogP contribution in [0.15, 0.2) is 121 Å². The van der Waals surface area contributed by atoms with E-state index in [-0.39, 0.29) is 0 Å². The fourth-order valence-electron chi connectivity index (χ4n) is 4.61. The SMILES string of the molecule is Clc1cccc(-c2cc(-c3ccccc3)ccc2-n2c3ccccc3c3ccccc32)c1. The van der Waals surface area contributed by atoms with Gasteiger partial charge in [-0.05, 0) is 53.1 Å². The Morgan fingerprint density at radius 2 is 1.09 bits per heavy atom. The lowest BCUT2D eigenvalue weighted by atomic mass is 9.97. The summed E-state index contributed by atoms with van der Waals surface area (Å²) in [4.78, 5) is 0. The smallest absolute Gasteiger partial charge is 0.0541 e. The average Bonchev–Trinajstić information content (AvgIpc) is 3.19. The predicted octanol–water partition coefficient (Wildman–Crippen LogP) is 8.77. The molecule has 0 atom stereocenters. The van der Waals surface area contributed by atoms with Crippen molar-refractivity contribution in [2.45, 2.75) is 0 Å². The van der Waals surface area contributed by atoms with Crippen molar-refractivity contribution in [3.8, 4) is 27.9 Å². The monoisotopic (exact) mass is 429 g/mol. The summed E-state index contributed by atoms with van der Waals surface area (Å²) < 4.78 is 2.37. The molecule has 1 aromatic heterocycles. The minimum Gasteiger partial charge on any atom is -0.309 e. The van der Waals surface area contributed by atoms with Gasteiger partial charge in [-0.15, -0.1) is 0 Å². The topological polar surface area (TPSA) is 4.93 Å². The molecule has 0 saturated carbocycles. The molecule has 0 spiro atoms. The summed E-state index contributed by atoms with van der Waals surface area (Å²) in [6.07, 6.45) is 0. The fraction of sp³-hybridized carbons (Fsp3) is 0. The lowest BCUT2D eigenvalue weighted by Gasteiger charge is -2.16. The van der Waals surface area contributed by atoms with E-state index in [2.05, 4.69) is 102 Å². The van der Waals surface area contributed by atoms with E-state index in [4.69, 9.17) is 11.6 Å². The zero-order valence-corrected chi connectivity index (χ0v) is 18.1. The van der Waals surface area contributed by atoms with Crippen LogP contribution in [0.2, 0.25) is 5.02 Å². The number of halogens is 1. The summed E-state index contributed by atoms with van der Waals surface area (Å²) in [6, 6.07) is 42.6. The predicted molar refractivity (Wildman–Crippen MR) is 137 cm³/mol. The third-order valence-corrected chi connectivity index (χ3v) is 6.30. The molecule has 1 nitrogen and oxygen atoms in total. The largest absolute Gasteiger partial charge is 0.309 e. The first-order chi connectivity index (χ1) is 15.8. The number of hydrogen-bond acceptors (Lipinski definition) is 0. The molecule has 0 amide bonds. The summed E-state index contributed by atoms with van der Waals surface area (Å²) >= 11 is 6.41. The van der Waals surface area contributed by atoms with Gasteiger partial charge in [-0.3, -0.25) is 0 Å². The first kappa shape index (κ1) is 18.9. The first-order valence-corrected chi connectivity index (χ1v) is 11.1. The van der Waals surface area contributed by atoms with E-state index in [1.807, 2.05) is 24.3 Å². The minimum absolute atomic E-state index is 0.737. The van der Waals surface area contributed by atoms with Gasteiger partial charge in [0.25, 0.3) is 0 Å². The van der Waals surface area contributed by atoms with Crippen LogP contribution in [-0.2, 0) is 0 Å². The third-order valence-electron chi connectivity index (χ3n) is 6.06. The summed E-state index contributed by atoms with van der Waals surface area (Å²) in [5.74, 6) is 0. The molecule has 0 fully saturated rings. The van der Waals surface area contributed by atoms with Crippen LogP contribution >= 0.6 is 11.6 Å². The standard InChI is InChI=1S/C30H20ClN/c31-24-12-8-11-23(19-24)27-20-22(21-9-2-1-3-10-21)17-18-30(27)32-28-15-6-4-13-25(28)26-14-5-7-16-29(26)32/h1-20H. The van der Waals surface area contributed by atoms with Gasteiger partial charge in [0.15, 0.2) is 0 Å². The Hall–Kier alpha value is -3.81. The number of fused-ring (bicyclic) bond motifs is 3. The van der Waals surface area contributed by atoms with Gasteiger partial charge < -0.3 is 4.57 Å². The summed E-state index contributed by atoms with van der Waals surface area (Å²) in [5, 5.41) is 3.25. The van der Waals surface area contributed by atoms with Crippen LogP contribution < -0.4 is 0 Å². The normalized spacial score (nSPS) is 11.3. The molecule has 6 aromatic rings. The first-order valence-electron chi connectivity index (χ1n) is 10.7. The maximum Gasteiger partial charge on any atom is 0.0541 e. The number of nitrogens with zero attached hydrogens (tertiary/aromatic N) is 1. The molecule has 6 rings (SSSR count). The van der Waals surface area contributed by atoms with Crippen LogP contribution in [0.3, 0.4) is 0 Å². The number of benzene rings is 5. The number of hydrogen-bond donors (Lipinski definition) is 0. The van der Waals surface area contributed by atoms with Gasteiger partial charge in [0.2, 0.25) is 0 Å². The molecule has 0 unspecified atom stereocenters. The van der Waals surface area contributed by atoms with Crippen LogP contribution in [0.4, 0.5) is 0 Å². The number of aromatic nitrogens is 1. The summed E-state index contributed by atoms with van der Waals surface area (Å²) in [6.45, 7) is 0. The molecule has 2 heteroatoms. The molecule has 5 aromatic carbocycles. The second-order valence-electron chi connectivity index (χ2n) is 7.98. The van der Waals surface area contributed by atoms with E-state index in [1.165, 1.54) is 32.9 Å². The van der Waals surface area contributed by atoms with Gasteiger partial charge in [0, 0.05) is 21.4 Å². The lowest BCUT2D eigenvalue weighted by molar-refractivity contribution is 1.18. The molecule has 0 aliphatic rings. The van der Waals surface area contributed by atoms with Crippen molar-refractivity contribution in [3.63, 3.8) is 0 Å². The molecule has 0 aliphatic heterocycles. The molecule has 0 N–H and O–H groups in total. The highest BCUT2D eigenvalue weighted by Crippen LogP contribution is 2.38. The highest BCUT2D eigenvalue weighted by atomic mass is 35.5. The van der Waals surface area contributed by atoms with Crippen LogP contribution in [0.1, 0.15) is 0 Å². The van der Waals surface area contributed by atoms with E-state index in [9.17, 15) is 0 Å². The van der Waals surface area contributed by atoms with E-state index >= 15 is 0 Å². The number of para-hydroxylation sites is 2. The zero-order chi connectivity index (χ0) is 21.5. The van der Waals surface area contributed by atoms with Crippen molar-refractivity contribution in [2.24, 2.45) is 0 Å². The Balaban J connectivity index is 1.70. The van der Waals surface area contributed by atoms with E-state index in [0.717, 1.165) is 21.8 Å². The Labute approximate surface area is 192 Å². The molecule has 1 heterocycles. The molecular formula is C30H20ClN. The molecule has 32 heavy (non-hydrogen) atoms. The average molecular weight is 430 g/mol. The quantitative estimate of drug-likeness (QED) is 0.265. The lowest BCUT2D eigenvalue weighted by Crippen LogP contribution is -1.98. The van der Waals surface area contributed by atoms with Crippen LogP contribution in [-0.4, -0.2) is 4.57 Å². The molecule has 0 aliphatic carbocycles. The zero-order valence-electron chi connectivity index (χ0n) is 17.4. The fourth-order valence-corrected chi connectivity index (χ4v) is 4.80. The summed E-state index contributed by atoms with van der Waals surface area (Å²) in [5.41, 5.74) is 8.18. The molecule has 0 radical (unpaired) electrons. The van der Waals surface area contributed by atoms with Crippen molar-refractivity contribution in [3.05, 3.63) is 126 Å². The van der Waals surface area contributed by atoms with Crippen molar-refractivity contribution in [1.82, 2.24) is 4.57 Å². The van der Waals surface area contributed by atoms with Crippen molar-refractivity contribution in [1.29, 1.82) is 0 Å². The van der Waals surface area contributed by atoms with Gasteiger partial charge in [-0.1, -0.05) is 96.5 Å². The minimum atomic E-state index is 0.737. The van der Waals surface area contributed by atoms with Gasteiger partial charge >= 0.3 is 0 Å². The molecular weight excluding hydrogens is 410 g/mol. The highest BCUT2D eigenvalue weighted by Gasteiger charge is 2.16. The second-order valence-corrected chi connectivity index (χ2v) is 8.41. The maximum atomic E-state index is 6.41. The van der Waals surface area contributed by atoms with E-state index in [1.54, 1.807) is 0 Å².